The number of amides is 5. The molecule has 1 saturated heterocycles. The number of carbonyl (C=O) groups is 10. The van der Waals surface area contributed by atoms with Gasteiger partial charge in [0, 0.05) is 175 Å². The van der Waals surface area contributed by atoms with E-state index in [1.807, 2.05) is 0 Å². The van der Waals surface area contributed by atoms with Gasteiger partial charge >= 0.3 is 29.8 Å². The number of pyridine rings is 2. The first-order chi connectivity index (χ1) is 53.9. The zero-order chi connectivity index (χ0) is 83.6. The number of hydrogen-bond acceptors (Lipinski definition) is 30. The Kier molecular flexibility index (Phi) is 33.8. The van der Waals surface area contributed by atoms with Gasteiger partial charge in [0.05, 0.1) is 53.3 Å². The maximum absolute atomic E-state index is 14.8. The summed E-state index contributed by atoms with van der Waals surface area (Å²) < 4.78 is 69.5. The van der Waals surface area contributed by atoms with E-state index < -0.39 is 209 Å². The van der Waals surface area contributed by atoms with Crippen molar-refractivity contribution in [1.29, 1.82) is 0 Å². The van der Waals surface area contributed by atoms with Crippen molar-refractivity contribution in [3.8, 4) is 0 Å². The van der Waals surface area contributed by atoms with Gasteiger partial charge in [-0.25, -0.2) is 9.97 Å². The van der Waals surface area contributed by atoms with E-state index in [-0.39, 0.29) is 119 Å². The van der Waals surface area contributed by atoms with Crippen LogP contribution in [0.5, 0.6) is 0 Å². The number of aromatic nitrogens is 6. The maximum Gasteiger partial charge on any atom is 0.322 e. The lowest BCUT2D eigenvalue weighted by atomic mass is 10.1. The van der Waals surface area contributed by atoms with E-state index in [1.165, 1.54) is 54.6 Å². The first-order valence-electron chi connectivity index (χ1n) is 35.4. The lowest BCUT2D eigenvalue weighted by Crippen LogP contribution is -2.57. The molecule has 1 unspecified atom stereocenters. The first kappa shape index (κ1) is 90.2. The fourth-order valence-corrected chi connectivity index (χ4v) is 13.4. The topological polar surface area (TPSA) is 690 Å². The quantitative estimate of drug-likeness (QED) is 0.00739. The molecule has 5 heterocycles. The monoisotopic (exact) mass is 1640 g/mol. The summed E-state index contributed by atoms with van der Waals surface area (Å²) in [5, 5.41) is 80.2. The number of benzene rings is 2. The third-order valence-electron chi connectivity index (χ3n) is 17.8. The van der Waals surface area contributed by atoms with Crippen LogP contribution in [0.2, 0.25) is 0 Å². The second-order valence-corrected chi connectivity index (χ2v) is 29.7. The minimum atomic E-state index is -5.22. The van der Waals surface area contributed by atoms with Crippen LogP contribution in [0.1, 0.15) is 57.5 Å². The number of carboxylic acids is 5. The summed E-state index contributed by atoms with van der Waals surface area (Å²) in [6, 6.07) is 2.34. The molecule has 1 aliphatic heterocycles. The van der Waals surface area contributed by atoms with Crippen LogP contribution in [0.4, 0.5) is 11.9 Å². The van der Waals surface area contributed by atoms with Crippen molar-refractivity contribution in [3.05, 3.63) is 121 Å². The molecule has 46 nitrogen and oxygen atoms in total. The molecule has 0 spiro atoms. The van der Waals surface area contributed by atoms with Gasteiger partial charge in [-0.15, -0.1) is 0 Å². The summed E-state index contributed by atoms with van der Waals surface area (Å²) in [5.41, 5.74) is 10.5. The number of β-amino-alcohol motifs (C(OH)–C–C–N with tert-alkyl or cyclic N) is 1. The highest BCUT2D eigenvalue weighted by atomic mass is 32.3. The van der Waals surface area contributed by atoms with E-state index in [0.717, 1.165) is 6.20 Å². The molecule has 0 bridgehead atoms. The van der Waals surface area contributed by atoms with Crippen molar-refractivity contribution in [2.24, 2.45) is 11.5 Å². The van der Waals surface area contributed by atoms with Gasteiger partial charge < -0.3 is 107 Å². The minimum absolute atomic E-state index is 0.00729. The van der Waals surface area contributed by atoms with Crippen LogP contribution in [0.25, 0.3) is 21.8 Å². The SMILES string of the molecule is N[C@@H](CNC(=O)c1cn(CCCNC(=O)[C@H](CS(O)(O)O)NC(=O)CC[C@H](NC(O)CN2CCN(CC(=O)O)CCN(CC(=O)O)CCN(CC(=O)O)CC2)C(=O)N[C@@H](CS(=O)(=O)O)[N+](=O)CCCn2cc(C(=O)NC[C@H](N)C(=O)O)c(=O)c3ccc(CNc4ncc[nH]4)cc32)c2cc(CNc3ncc[nH]3)ccc2c1=O)C(=O)O. The molecule has 624 valence electrons. The van der Waals surface area contributed by atoms with Gasteiger partial charge in [-0.05, 0) is 48.2 Å². The molecule has 0 aliphatic carbocycles. The number of nitrogens with two attached hydrogens (primary N) is 2. The Bertz CT molecular complexity index is 4590. The summed E-state index contributed by atoms with van der Waals surface area (Å²) in [6.07, 6.45) is 2.50. The van der Waals surface area contributed by atoms with Crippen LogP contribution in [-0.4, -0.2) is 323 Å². The summed E-state index contributed by atoms with van der Waals surface area (Å²) in [6.45, 7) is -4.24. The number of fused-ring (bicyclic) bond motifs is 2. The molecule has 5 amide bonds. The van der Waals surface area contributed by atoms with Crippen molar-refractivity contribution in [1.82, 2.24) is 80.6 Å². The van der Waals surface area contributed by atoms with E-state index in [1.54, 1.807) is 41.6 Å². The number of H-pyrrole nitrogens is 2. The molecule has 6 atom stereocenters. The number of aryl methyl sites for hydroxylation is 2. The van der Waals surface area contributed by atoms with Gasteiger partial charge in [0.1, 0.15) is 35.5 Å². The van der Waals surface area contributed by atoms with Gasteiger partial charge in [0.2, 0.25) is 28.6 Å². The van der Waals surface area contributed by atoms with Gasteiger partial charge in [-0.2, -0.15) is 8.42 Å². The molecule has 4 aromatic heterocycles. The van der Waals surface area contributed by atoms with Crippen LogP contribution in [-0.2, 0) is 74.7 Å². The fraction of sp³-hybridized carbons (Fsp3) is 0.485. The Hall–Kier alpha value is -11.0. The average molecular weight is 1650 g/mol. The summed E-state index contributed by atoms with van der Waals surface area (Å²) in [7, 11) is -9.85. The molecule has 24 N–H and O–H groups in total. The van der Waals surface area contributed by atoms with Crippen LogP contribution in [0.15, 0.2) is 83.2 Å². The molecule has 1 aliphatic rings. The number of nitroso groups, excluding NO2 is 1. The first-order valence-corrected chi connectivity index (χ1v) is 38.7. The third-order valence-corrected chi connectivity index (χ3v) is 19.3. The predicted octanol–water partition coefficient (Wildman–Crippen LogP) is -4.78. The second-order valence-electron chi connectivity index (χ2n) is 26.6. The van der Waals surface area contributed by atoms with Gasteiger partial charge in [0.15, 0.2) is 24.2 Å². The lowest BCUT2D eigenvalue weighted by molar-refractivity contribution is -0.585. The molecule has 114 heavy (non-hydrogen) atoms. The molecular formula is C66H94N21O25S2+. The number of nitrogens with zero attached hydrogens (tertiary/aromatic N) is 9. The molecule has 48 heteroatoms. The highest BCUT2D eigenvalue weighted by Gasteiger charge is 2.37. The van der Waals surface area contributed by atoms with E-state index >= 15 is 0 Å². The third kappa shape index (κ3) is 29.5. The predicted molar refractivity (Wildman–Crippen MR) is 406 cm³/mol. The standard InChI is InChI=1S/C66H93N21O25S2/c67-45(63(102)103)29-74-59(98)43-31-85(49-25-39(3-5-41(49)57(43)96)27-76-65-70-10-11-71-65)14-1-9-69-61(100)48(37-113(107,108)109)79-52(88)8-7-47(78-53(89)33-81-17-19-82(34-54(90)91)21-23-84(36-56(94)95)24-22-83(20-18-81)35-55(92)93)62(101)80-51(38-114(110,111)112)87(106)16-2-15-86-32-44(60(99)75-30-46(68)64(104)105)58(97)42-6-4-40(26-50(42)86)28-77-66-72-12-13-73-66/h3-6,10-13,25-26,31-32,45-48,51,53,78,89H,1-2,7-9,14-24,27-30,33-38,67-68H2,(H17-,69,70,71,72,73,74,75,76,77,79,80,88,90,91,92,93,94,95,98,99,100,101,102,103,104,105,107,108,109,110,111,112)/p+1/t45-,46-,47-,48-,51+,53?/m0/s1. The molecule has 2 aromatic carbocycles. The number of imidazole rings is 2. The molecule has 0 radical (unpaired) electrons. The summed E-state index contributed by atoms with van der Waals surface area (Å²) in [4.78, 5) is 191. The average Bonchev–Trinajstić information content (AvgIpc) is 0.787. The molecule has 1 fully saturated rings. The van der Waals surface area contributed by atoms with Crippen molar-refractivity contribution < 1.29 is 110 Å². The fourth-order valence-electron chi connectivity index (χ4n) is 12.0. The van der Waals surface area contributed by atoms with Crippen molar-refractivity contribution in [2.45, 2.75) is 88.4 Å². The highest BCUT2D eigenvalue weighted by Crippen LogP contribution is 2.33. The number of aliphatic hydroxyl groups is 1. The maximum atomic E-state index is 14.8. The lowest BCUT2D eigenvalue weighted by Gasteiger charge is -2.34. The number of aliphatic hydroxyl groups excluding tert-OH is 1. The molecule has 0 saturated carbocycles. The van der Waals surface area contributed by atoms with Crippen LogP contribution < -0.4 is 64.9 Å². The van der Waals surface area contributed by atoms with E-state index in [9.17, 15) is 120 Å². The zero-order valence-corrected chi connectivity index (χ0v) is 63.0. The van der Waals surface area contributed by atoms with E-state index in [2.05, 4.69) is 62.5 Å². The highest BCUT2D eigenvalue weighted by molar-refractivity contribution is 8.19. The largest absolute Gasteiger partial charge is 0.480 e. The number of rotatable bonds is 44. The zero-order valence-electron chi connectivity index (χ0n) is 61.4. The number of aromatic amines is 2. The number of aliphatic carboxylic acids is 5. The Morgan fingerprint density at radius 3 is 1.44 bits per heavy atom. The number of carbonyl (C=O) groups excluding carboxylic acids is 5. The minimum Gasteiger partial charge on any atom is -0.480 e. The van der Waals surface area contributed by atoms with Crippen LogP contribution in [0, 0.1) is 4.91 Å². The number of carboxylic acid groups (broad SMARTS) is 5. The second kappa shape index (κ2) is 42.8. The van der Waals surface area contributed by atoms with Gasteiger partial charge in [-0.1, -0.05) is 12.1 Å². The smallest absolute Gasteiger partial charge is 0.322 e. The number of anilines is 2. The van der Waals surface area contributed by atoms with Gasteiger partial charge in [-0.3, -0.25) is 92.3 Å². The van der Waals surface area contributed by atoms with E-state index in [4.69, 9.17) is 11.5 Å². The summed E-state index contributed by atoms with van der Waals surface area (Å²) >= 11 is 0. The molecule has 7 rings (SSSR count). The molecule has 6 aromatic rings. The number of hydrogen-bond donors (Lipinski definition) is 22. The van der Waals surface area contributed by atoms with Crippen molar-refractivity contribution >= 4 is 114 Å². The molecular weight excluding hydrogens is 1550 g/mol. The van der Waals surface area contributed by atoms with Crippen LogP contribution in [0.3, 0.4) is 0 Å². The van der Waals surface area contributed by atoms with Gasteiger partial charge in [0.25, 0.3) is 28.1 Å². The van der Waals surface area contributed by atoms with E-state index in [0.29, 0.717) is 28.5 Å². The van der Waals surface area contributed by atoms with Crippen molar-refractivity contribution in [2.75, 3.05) is 127 Å². The number of nitrogens with one attached hydrogen (secondary N) is 10. The Balaban J connectivity index is 1.14. The summed E-state index contributed by atoms with van der Waals surface area (Å²) in [5.74, 6) is -14.1. The Morgan fingerprint density at radius 2 is 1.03 bits per heavy atom. The Morgan fingerprint density at radius 1 is 0.579 bits per heavy atom. The normalized spacial score (nSPS) is 15.5. The van der Waals surface area contributed by atoms with Crippen LogP contribution >= 0.6 is 10.9 Å². The van der Waals surface area contributed by atoms with Crippen molar-refractivity contribution in [3.63, 3.8) is 0 Å². The Labute approximate surface area is 649 Å².